The summed E-state index contributed by atoms with van der Waals surface area (Å²) in [5.74, 6) is 0. The molecule has 0 atom stereocenters. The van der Waals surface area contributed by atoms with Gasteiger partial charge in [-0.3, -0.25) is 5.73 Å². The van der Waals surface area contributed by atoms with Gasteiger partial charge in [-0.15, -0.1) is 0 Å². The first-order valence-electron chi connectivity index (χ1n) is 1.93. The van der Waals surface area contributed by atoms with Crippen molar-refractivity contribution in [2.75, 3.05) is 6.54 Å². The Kier molecular flexibility index (Phi) is 2.11. The van der Waals surface area contributed by atoms with E-state index in [9.17, 15) is 8.78 Å². The molecule has 0 heterocycles. The zero-order valence-corrected chi connectivity index (χ0v) is 3.82. The van der Waals surface area contributed by atoms with Crippen molar-refractivity contribution in [2.24, 2.45) is 11.5 Å². The molecule has 0 aliphatic carbocycles. The van der Waals surface area contributed by atoms with Gasteiger partial charge in [-0.2, -0.15) is 8.78 Å². The highest BCUT2D eigenvalue weighted by atomic mass is 19.3. The lowest BCUT2D eigenvalue weighted by molar-refractivity contribution is 0.00194. The number of rotatable bonds is 2. The smallest absolute Gasteiger partial charge is 0.301 e. The zero-order valence-electron chi connectivity index (χ0n) is 3.82. The number of nitrogens with two attached hydrogens (primary N) is 2. The summed E-state index contributed by atoms with van der Waals surface area (Å²) in [6.07, 6.45) is -0.438. The van der Waals surface area contributed by atoms with E-state index in [-0.39, 0.29) is 6.54 Å². The van der Waals surface area contributed by atoms with Crippen LogP contribution < -0.4 is 11.5 Å². The van der Waals surface area contributed by atoms with E-state index in [1.54, 1.807) is 0 Å². The summed E-state index contributed by atoms with van der Waals surface area (Å²) >= 11 is 0. The third kappa shape index (κ3) is 5.78. The molecule has 44 valence electrons. The highest BCUT2D eigenvalue weighted by molar-refractivity contribution is 4.54. The van der Waals surface area contributed by atoms with Crippen molar-refractivity contribution in [1.29, 1.82) is 0 Å². The summed E-state index contributed by atoms with van der Waals surface area (Å²) in [5, 5.41) is 0. The molecule has 4 N–H and O–H groups in total. The molecule has 0 spiro atoms. The van der Waals surface area contributed by atoms with Crippen LogP contribution in [0.5, 0.6) is 0 Å². The van der Waals surface area contributed by atoms with Crippen LogP contribution in [0.4, 0.5) is 8.78 Å². The van der Waals surface area contributed by atoms with Gasteiger partial charge in [0.05, 0.1) is 0 Å². The van der Waals surface area contributed by atoms with E-state index in [1.165, 1.54) is 0 Å². The first-order chi connectivity index (χ1) is 3.06. The topological polar surface area (TPSA) is 52.0 Å². The third-order valence-corrected chi connectivity index (χ3v) is 0.478. The highest BCUT2D eigenvalue weighted by Gasteiger charge is 2.19. The lowest BCUT2D eigenvalue weighted by Crippen LogP contribution is -2.30. The van der Waals surface area contributed by atoms with Crippen molar-refractivity contribution in [2.45, 2.75) is 12.5 Å². The molecule has 0 bridgehead atoms. The molecule has 2 nitrogen and oxygen atoms in total. The van der Waals surface area contributed by atoms with Gasteiger partial charge in [-0.25, -0.2) is 0 Å². The SMILES string of the molecule is NCCC(N)(F)F. The molecule has 4 heteroatoms. The predicted octanol–water partition coefficient (Wildman–Crippen LogP) is -0.113. The van der Waals surface area contributed by atoms with E-state index in [1.807, 2.05) is 0 Å². The Labute approximate surface area is 40.5 Å². The molecular weight excluding hydrogens is 102 g/mol. The van der Waals surface area contributed by atoms with Crippen LogP contribution in [0.3, 0.4) is 0 Å². The van der Waals surface area contributed by atoms with Gasteiger partial charge in [0.2, 0.25) is 0 Å². The largest absolute Gasteiger partial charge is 0.330 e. The van der Waals surface area contributed by atoms with Crippen LogP contribution in [-0.2, 0) is 0 Å². The van der Waals surface area contributed by atoms with Gasteiger partial charge in [0, 0.05) is 6.42 Å². The number of hydrogen-bond donors (Lipinski definition) is 2. The van der Waals surface area contributed by atoms with Crippen molar-refractivity contribution in [3.63, 3.8) is 0 Å². The standard InChI is InChI=1S/C3H8F2N2/c4-3(5,7)1-2-6/h1-2,6-7H2. The minimum Gasteiger partial charge on any atom is -0.330 e. The predicted molar refractivity (Wildman–Crippen MR) is 22.8 cm³/mol. The second kappa shape index (κ2) is 2.18. The van der Waals surface area contributed by atoms with E-state index >= 15 is 0 Å². The van der Waals surface area contributed by atoms with Crippen LogP contribution in [0.1, 0.15) is 6.42 Å². The Bertz CT molecular complexity index is 49.4. The molecule has 0 amide bonds. The van der Waals surface area contributed by atoms with Crippen molar-refractivity contribution in [3.8, 4) is 0 Å². The van der Waals surface area contributed by atoms with Crippen LogP contribution in [0.15, 0.2) is 0 Å². The van der Waals surface area contributed by atoms with E-state index in [2.05, 4.69) is 5.73 Å². The Hall–Kier alpha value is -0.220. The van der Waals surface area contributed by atoms with Crippen molar-refractivity contribution >= 4 is 0 Å². The Morgan fingerprint density at radius 3 is 1.86 bits per heavy atom. The molecule has 7 heavy (non-hydrogen) atoms. The Morgan fingerprint density at radius 2 is 1.86 bits per heavy atom. The van der Waals surface area contributed by atoms with Gasteiger partial charge in [-0.1, -0.05) is 0 Å². The molecule has 0 saturated heterocycles. The number of halogens is 2. The first kappa shape index (κ1) is 6.78. The van der Waals surface area contributed by atoms with Gasteiger partial charge in [0.15, 0.2) is 0 Å². The van der Waals surface area contributed by atoms with Gasteiger partial charge >= 0.3 is 6.05 Å². The maximum atomic E-state index is 11.4. The second-order valence-electron chi connectivity index (χ2n) is 1.30. The maximum Gasteiger partial charge on any atom is 0.301 e. The van der Waals surface area contributed by atoms with Gasteiger partial charge in [-0.05, 0) is 6.54 Å². The van der Waals surface area contributed by atoms with Crippen LogP contribution in [0.2, 0.25) is 0 Å². The highest BCUT2D eigenvalue weighted by Crippen LogP contribution is 2.06. The fourth-order valence-corrected chi connectivity index (χ4v) is 0.192. The molecule has 0 aromatic heterocycles. The lowest BCUT2D eigenvalue weighted by Gasteiger charge is -2.05. The monoisotopic (exact) mass is 110 g/mol. The minimum absolute atomic E-state index is 0.0660. The summed E-state index contributed by atoms with van der Waals surface area (Å²) in [7, 11) is 0. The van der Waals surface area contributed by atoms with E-state index in [0.29, 0.717) is 0 Å². The molecular formula is C3H8F2N2. The van der Waals surface area contributed by atoms with Gasteiger partial charge in [0.25, 0.3) is 0 Å². The normalized spacial score (nSPS) is 12.0. The molecule has 0 unspecified atom stereocenters. The molecule has 0 saturated carbocycles. The second-order valence-corrected chi connectivity index (χ2v) is 1.30. The summed E-state index contributed by atoms with van der Waals surface area (Å²) in [6.45, 7) is -0.0660. The van der Waals surface area contributed by atoms with Crippen molar-refractivity contribution in [1.82, 2.24) is 0 Å². The number of hydrogen-bond acceptors (Lipinski definition) is 2. The number of alkyl halides is 2. The molecule has 0 aliphatic heterocycles. The summed E-state index contributed by atoms with van der Waals surface area (Å²) in [6, 6.07) is -3.07. The Balaban J connectivity index is 3.15. The van der Waals surface area contributed by atoms with Gasteiger partial charge < -0.3 is 5.73 Å². The fraction of sp³-hybridized carbons (Fsp3) is 1.00. The van der Waals surface area contributed by atoms with Gasteiger partial charge in [0.1, 0.15) is 0 Å². The zero-order chi connectivity index (χ0) is 5.91. The molecule has 0 radical (unpaired) electrons. The molecule has 0 aromatic rings. The van der Waals surface area contributed by atoms with Crippen molar-refractivity contribution < 1.29 is 8.78 Å². The molecule has 0 aromatic carbocycles. The minimum atomic E-state index is -3.07. The molecule has 0 aliphatic rings. The van der Waals surface area contributed by atoms with Crippen LogP contribution >= 0.6 is 0 Å². The van der Waals surface area contributed by atoms with Crippen LogP contribution in [0, 0.1) is 0 Å². The first-order valence-corrected chi connectivity index (χ1v) is 1.93. The average Bonchev–Trinajstić information content (AvgIpc) is 1.30. The fourth-order valence-electron chi connectivity index (χ4n) is 0.192. The van der Waals surface area contributed by atoms with E-state index < -0.39 is 12.5 Å². The maximum absolute atomic E-state index is 11.4. The summed E-state index contributed by atoms with van der Waals surface area (Å²) in [5.41, 5.74) is 8.99. The molecule has 0 rings (SSSR count). The lowest BCUT2D eigenvalue weighted by atomic mass is 10.4. The average molecular weight is 110 g/mol. The van der Waals surface area contributed by atoms with E-state index in [0.717, 1.165) is 0 Å². The quantitative estimate of drug-likeness (QED) is 0.487. The van der Waals surface area contributed by atoms with Crippen LogP contribution in [0.25, 0.3) is 0 Å². The molecule has 0 fully saturated rings. The third-order valence-electron chi connectivity index (χ3n) is 0.478. The van der Waals surface area contributed by atoms with Crippen molar-refractivity contribution in [3.05, 3.63) is 0 Å². The summed E-state index contributed by atoms with van der Waals surface area (Å²) < 4.78 is 22.8. The van der Waals surface area contributed by atoms with Crippen LogP contribution in [-0.4, -0.2) is 12.6 Å². The summed E-state index contributed by atoms with van der Waals surface area (Å²) in [4.78, 5) is 0. The Morgan fingerprint density at radius 1 is 1.43 bits per heavy atom. The van der Waals surface area contributed by atoms with E-state index in [4.69, 9.17) is 5.73 Å².